The standard InChI is InChI=1S/C17H24N2O.ClH/c1-12-2-4-13(5-3-12)6-9-17(20)19-16-10-14-7-8-15(11-16)18-14;/h2-5,14-16,18H,6-11H2,1H3,(H,19,20);1H. The molecule has 2 aliphatic heterocycles. The van der Waals surface area contributed by atoms with Gasteiger partial charge in [0.2, 0.25) is 5.91 Å². The maximum absolute atomic E-state index is 12.1. The molecule has 3 rings (SSSR count). The highest BCUT2D eigenvalue weighted by Gasteiger charge is 2.33. The zero-order valence-electron chi connectivity index (χ0n) is 12.6. The summed E-state index contributed by atoms with van der Waals surface area (Å²) in [5.74, 6) is 0.205. The van der Waals surface area contributed by atoms with E-state index in [2.05, 4.69) is 41.8 Å². The summed E-state index contributed by atoms with van der Waals surface area (Å²) in [5, 5.41) is 6.83. The molecule has 2 aliphatic rings. The lowest BCUT2D eigenvalue weighted by atomic mass is 9.99. The maximum atomic E-state index is 12.1. The Bertz CT molecular complexity index is 462. The van der Waals surface area contributed by atoms with Gasteiger partial charge in [0, 0.05) is 24.5 Å². The van der Waals surface area contributed by atoms with Crippen molar-refractivity contribution >= 4 is 18.3 Å². The number of rotatable bonds is 4. The Balaban J connectivity index is 0.00000161. The molecule has 21 heavy (non-hydrogen) atoms. The molecule has 0 spiro atoms. The molecule has 1 aromatic rings. The van der Waals surface area contributed by atoms with Crippen molar-refractivity contribution in [3.05, 3.63) is 35.4 Å². The number of nitrogens with one attached hydrogen (secondary N) is 2. The molecule has 2 saturated heterocycles. The predicted molar refractivity (Wildman–Crippen MR) is 87.9 cm³/mol. The molecule has 0 saturated carbocycles. The summed E-state index contributed by atoms with van der Waals surface area (Å²) in [5.41, 5.74) is 2.51. The summed E-state index contributed by atoms with van der Waals surface area (Å²) >= 11 is 0. The number of hydrogen-bond acceptors (Lipinski definition) is 2. The van der Waals surface area contributed by atoms with Crippen molar-refractivity contribution in [2.75, 3.05) is 0 Å². The number of amides is 1. The molecule has 0 radical (unpaired) electrons. The van der Waals surface area contributed by atoms with E-state index in [1.165, 1.54) is 24.0 Å². The van der Waals surface area contributed by atoms with E-state index < -0.39 is 0 Å². The number of aryl methyl sites for hydroxylation is 2. The third-order valence-electron chi connectivity index (χ3n) is 4.60. The molecule has 2 unspecified atom stereocenters. The quantitative estimate of drug-likeness (QED) is 0.898. The van der Waals surface area contributed by atoms with Gasteiger partial charge in [0.25, 0.3) is 0 Å². The van der Waals surface area contributed by atoms with Gasteiger partial charge in [-0.15, -0.1) is 12.4 Å². The molecule has 1 amide bonds. The van der Waals surface area contributed by atoms with E-state index in [-0.39, 0.29) is 18.3 Å². The Hall–Kier alpha value is -1.06. The molecular weight excluding hydrogens is 284 g/mol. The fraction of sp³-hybridized carbons (Fsp3) is 0.588. The Kier molecular flexibility index (Phi) is 5.65. The van der Waals surface area contributed by atoms with Crippen molar-refractivity contribution in [3.63, 3.8) is 0 Å². The minimum absolute atomic E-state index is 0. The van der Waals surface area contributed by atoms with Crippen LogP contribution in [0.5, 0.6) is 0 Å². The lowest BCUT2D eigenvalue weighted by Crippen LogP contribution is -2.48. The number of hydrogen-bond donors (Lipinski definition) is 2. The SMILES string of the molecule is Cc1ccc(CCC(=O)NC2CC3CCC(C2)N3)cc1.Cl. The molecule has 3 nitrogen and oxygen atoms in total. The second-order valence-corrected chi connectivity index (χ2v) is 6.36. The molecule has 116 valence electrons. The van der Waals surface area contributed by atoms with Crippen molar-refractivity contribution in [1.82, 2.24) is 10.6 Å². The summed E-state index contributed by atoms with van der Waals surface area (Å²) in [4.78, 5) is 12.1. The number of carbonyl (C=O) groups excluding carboxylic acids is 1. The molecule has 2 N–H and O–H groups in total. The lowest BCUT2D eigenvalue weighted by molar-refractivity contribution is -0.122. The van der Waals surface area contributed by atoms with Crippen LogP contribution in [0.1, 0.15) is 43.2 Å². The normalized spacial score (nSPS) is 27.0. The van der Waals surface area contributed by atoms with E-state index in [1.54, 1.807) is 0 Å². The molecule has 0 aromatic heterocycles. The first-order valence-electron chi connectivity index (χ1n) is 7.80. The van der Waals surface area contributed by atoms with Gasteiger partial charge in [0.1, 0.15) is 0 Å². The van der Waals surface area contributed by atoms with E-state index in [1.807, 2.05) is 0 Å². The van der Waals surface area contributed by atoms with Crippen molar-refractivity contribution in [3.8, 4) is 0 Å². The van der Waals surface area contributed by atoms with Gasteiger partial charge in [0.15, 0.2) is 0 Å². The molecule has 2 fully saturated rings. The van der Waals surface area contributed by atoms with Gasteiger partial charge in [-0.25, -0.2) is 0 Å². The Morgan fingerprint density at radius 1 is 1.19 bits per heavy atom. The predicted octanol–water partition coefficient (Wildman–Crippen LogP) is 2.75. The van der Waals surface area contributed by atoms with E-state index in [0.717, 1.165) is 19.3 Å². The van der Waals surface area contributed by atoms with Crippen LogP contribution in [0.4, 0.5) is 0 Å². The Morgan fingerprint density at radius 2 is 1.81 bits per heavy atom. The van der Waals surface area contributed by atoms with Gasteiger partial charge in [0.05, 0.1) is 0 Å². The highest BCUT2D eigenvalue weighted by Crippen LogP contribution is 2.26. The molecule has 1 aromatic carbocycles. The van der Waals surface area contributed by atoms with E-state index in [4.69, 9.17) is 0 Å². The van der Waals surface area contributed by atoms with Crippen LogP contribution >= 0.6 is 12.4 Å². The third kappa shape index (κ3) is 4.45. The maximum Gasteiger partial charge on any atom is 0.220 e. The minimum Gasteiger partial charge on any atom is -0.353 e. The summed E-state index contributed by atoms with van der Waals surface area (Å²) < 4.78 is 0. The van der Waals surface area contributed by atoms with Gasteiger partial charge in [-0.3, -0.25) is 4.79 Å². The topological polar surface area (TPSA) is 41.1 Å². The monoisotopic (exact) mass is 308 g/mol. The van der Waals surface area contributed by atoms with Gasteiger partial charge < -0.3 is 10.6 Å². The highest BCUT2D eigenvalue weighted by molar-refractivity contribution is 5.85. The lowest BCUT2D eigenvalue weighted by Gasteiger charge is -2.29. The molecule has 0 aliphatic carbocycles. The van der Waals surface area contributed by atoms with Crippen LogP contribution in [0.2, 0.25) is 0 Å². The number of fused-ring (bicyclic) bond motifs is 2. The summed E-state index contributed by atoms with van der Waals surface area (Å²) in [6, 6.07) is 10.1. The van der Waals surface area contributed by atoms with Crippen molar-refractivity contribution < 1.29 is 4.79 Å². The zero-order valence-corrected chi connectivity index (χ0v) is 13.4. The van der Waals surface area contributed by atoms with Crippen LogP contribution < -0.4 is 10.6 Å². The highest BCUT2D eigenvalue weighted by atomic mass is 35.5. The number of piperidine rings is 1. The number of carbonyl (C=O) groups is 1. The fourth-order valence-corrected chi connectivity index (χ4v) is 3.49. The second-order valence-electron chi connectivity index (χ2n) is 6.36. The van der Waals surface area contributed by atoms with Crippen molar-refractivity contribution in [1.29, 1.82) is 0 Å². The molecule has 4 heteroatoms. The van der Waals surface area contributed by atoms with Crippen molar-refractivity contribution in [2.45, 2.75) is 63.6 Å². The first-order valence-corrected chi connectivity index (χ1v) is 7.80. The van der Waals surface area contributed by atoms with Gasteiger partial charge in [-0.05, 0) is 44.6 Å². The number of benzene rings is 1. The molecule has 2 heterocycles. The van der Waals surface area contributed by atoms with Gasteiger partial charge in [-0.1, -0.05) is 29.8 Å². The largest absolute Gasteiger partial charge is 0.353 e. The van der Waals surface area contributed by atoms with Crippen LogP contribution in [0.25, 0.3) is 0 Å². The Morgan fingerprint density at radius 3 is 2.43 bits per heavy atom. The average molecular weight is 309 g/mol. The third-order valence-corrected chi connectivity index (χ3v) is 4.60. The van der Waals surface area contributed by atoms with Crippen LogP contribution in [-0.2, 0) is 11.2 Å². The fourth-order valence-electron chi connectivity index (χ4n) is 3.49. The molecular formula is C17H25ClN2O. The number of halogens is 1. The smallest absolute Gasteiger partial charge is 0.220 e. The average Bonchev–Trinajstić information content (AvgIpc) is 2.77. The van der Waals surface area contributed by atoms with Crippen LogP contribution in [0.3, 0.4) is 0 Å². The van der Waals surface area contributed by atoms with E-state index in [9.17, 15) is 4.79 Å². The summed E-state index contributed by atoms with van der Waals surface area (Å²) in [7, 11) is 0. The molecule has 2 atom stereocenters. The molecule has 2 bridgehead atoms. The van der Waals surface area contributed by atoms with E-state index >= 15 is 0 Å². The summed E-state index contributed by atoms with van der Waals surface area (Å²) in [6.45, 7) is 2.09. The first kappa shape index (κ1) is 16.3. The van der Waals surface area contributed by atoms with E-state index in [0.29, 0.717) is 24.5 Å². The van der Waals surface area contributed by atoms with Gasteiger partial charge in [-0.2, -0.15) is 0 Å². The first-order chi connectivity index (χ1) is 9.69. The minimum atomic E-state index is 0. The second kappa shape index (κ2) is 7.28. The summed E-state index contributed by atoms with van der Waals surface area (Å²) in [6.07, 6.45) is 6.20. The van der Waals surface area contributed by atoms with Crippen LogP contribution in [0.15, 0.2) is 24.3 Å². The zero-order chi connectivity index (χ0) is 13.9. The Labute approximate surface area is 133 Å². The van der Waals surface area contributed by atoms with Crippen LogP contribution in [-0.4, -0.2) is 24.0 Å². The van der Waals surface area contributed by atoms with Crippen LogP contribution in [0, 0.1) is 6.92 Å². The van der Waals surface area contributed by atoms with Crippen molar-refractivity contribution in [2.24, 2.45) is 0 Å². The van der Waals surface area contributed by atoms with Gasteiger partial charge >= 0.3 is 0 Å².